The first-order valence-electron chi connectivity index (χ1n) is 11.6. The van der Waals surface area contributed by atoms with Crippen LogP contribution in [0.1, 0.15) is 28.2 Å². The van der Waals surface area contributed by atoms with Gasteiger partial charge in [-0.2, -0.15) is 4.98 Å². The molecule has 0 radical (unpaired) electrons. The number of carbonyl (C=O) groups is 1. The van der Waals surface area contributed by atoms with Gasteiger partial charge in [-0.3, -0.25) is 4.79 Å². The van der Waals surface area contributed by atoms with Crippen molar-refractivity contribution >= 4 is 11.6 Å². The zero-order valence-electron chi connectivity index (χ0n) is 20.5. The van der Waals surface area contributed by atoms with Gasteiger partial charge in [0.05, 0.1) is 6.61 Å². The quantitative estimate of drug-likeness (QED) is 0.321. The van der Waals surface area contributed by atoms with Gasteiger partial charge in [-0.15, -0.1) is 0 Å². The standard InChI is InChI=1S/C28H30N4O3/c1-19-18-23(27-29-20(2)35-31-27)10-15-26(19)21-6-8-22(9-7-21)28(33)30-24-11-13-25(14-12-24)34-17-5-16-32(3)4/h6-15,18H,5,16-17H2,1-4H3,(H,30,33). The maximum atomic E-state index is 12.7. The molecule has 4 aromatic rings. The minimum atomic E-state index is -0.157. The Labute approximate surface area is 205 Å². The molecule has 0 atom stereocenters. The van der Waals surface area contributed by atoms with E-state index in [0.29, 0.717) is 23.9 Å². The minimum absolute atomic E-state index is 0.157. The van der Waals surface area contributed by atoms with E-state index in [1.165, 1.54) is 0 Å². The first kappa shape index (κ1) is 24.2. The molecule has 1 aromatic heterocycles. The second kappa shape index (κ2) is 11.0. The molecule has 7 heteroatoms. The fourth-order valence-corrected chi connectivity index (χ4v) is 3.75. The van der Waals surface area contributed by atoms with Crippen molar-refractivity contribution in [3.63, 3.8) is 0 Å². The van der Waals surface area contributed by atoms with E-state index >= 15 is 0 Å². The predicted octanol–water partition coefficient (Wildman–Crippen LogP) is 5.60. The van der Waals surface area contributed by atoms with Crippen LogP contribution in [0.2, 0.25) is 0 Å². The topological polar surface area (TPSA) is 80.5 Å². The number of carbonyl (C=O) groups excluding carboxylic acids is 1. The maximum Gasteiger partial charge on any atom is 0.255 e. The van der Waals surface area contributed by atoms with Crippen molar-refractivity contribution in [3.8, 4) is 28.3 Å². The fourth-order valence-electron chi connectivity index (χ4n) is 3.75. The van der Waals surface area contributed by atoms with Crippen molar-refractivity contribution in [3.05, 3.63) is 83.7 Å². The zero-order valence-corrected chi connectivity index (χ0v) is 20.5. The molecule has 4 rings (SSSR count). The molecular formula is C28H30N4O3. The minimum Gasteiger partial charge on any atom is -0.494 e. The average Bonchev–Trinajstić information content (AvgIpc) is 3.29. The Morgan fingerprint density at radius 3 is 2.31 bits per heavy atom. The van der Waals surface area contributed by atoms with E-state index in [1.807, 2.05) is 87.7 Å². The number of nitrogens with zero attached hydrogens (tertiary/aromatic N) is 3. The Balaban J connectivity index is 1.37. The van der Waals surface area contributed by atoms with E-state index in [9.17, 15) is 4.79 Å². The SMILES string of the molecule is Cc1nc(-c2ccc(-c3ccc(C(=O)Nc4ccc(OCCCN(C)C)cc4)cc3)c(C)c2)no1. The van der Waals surface area contributed by atoms with Crippen molar-refractivity contribution in [2.24, 2.45) is 0 Å². The van der Waals surface area contributed by atoms with Crippen LogP contribution in [0.5, 0.6) is 5.75 Å². The van der Waals surface area contributed by atoms with Crippen molar-refractivity contribution < 1.29 is 14.1 Å². The molecule has 1 N–H and O–H groups in total. The molecule has 0 aliphatic carbocycles. The molecule has 0 saturated carbocycles. The molecular weight excluding hydrogens is 440 g/mol. The molecule has 0 bridgehead atoms. The molecule has 0 unspecified atom stereocenters. The molecule has 0 aliphatic rings. The van der Waals surface area contributed by atoms with Crippen LogP contribution in [-0.4, -0.2) is 48.2 Å². The first-order valence-corrected chi connectivity index (χ1v) is 11.6. The molecule has 0 fully saturated rings. The lowest BCUT2D eigenvalue weighted by Crippen LogP contribution is -2.15. The molecule has 3 aromatic carbocycles. The molecule has 180 valence electrons. The second-order valence-electron chi connectivity index (χ2n) is 8.73. The lowest BCUT2D eigenvalue weighted by atomic mass is 9.97. The first-order chi connectivity index (χ1) is 16.9. The number of amides is 1. The monoisotopic (exact) mass is 470 g/mol. The smallest absolute Gasteiger partial charge is 0.255 e. The average molecular weight is 471 g/mol. The number of hydrogen-bond acceptors (Lipinski definition) is 6. The van der Waals surface area contributed by atoms with Gasteiger partial charge in [-0.1, -0.05) is 29.4 Å². The van der Waals surface area contributed by atoms with E-state index in [4.69, 9.17) is 9.26 Å². The van der Waals surface area contributed by atoms with Gasteiger partial charge < -0.3 is 19.5 Å². The number of ether oxygens (including phenoxy) is 1. The lowest BCUT2D eigenvalue weighted by Gasteiger charge is -2.11. The van der Waals surface area contributed by atoms with Gasteiger partial charge in [0.15, 0.2) is 0 Å². The van der Waals surface area contributed by atoms with Gasteiger partial charge >= 0.3 is 0 Å². The van der Waals surface area contributed by atoms with Gasteiger partial charge in [0.2, 0.25) is 11.7 Å². The number of aromatic nitrogens is 2. The largest absolute Gasteiger partial charge is 0.494 e. The third-order valence-corrected chi connectivity index (χ3v) is 5.60. The van der Waals surface area contributed by atoms with Crippen LogP contribution >= 0.6 is 0 Å². The summed E-state index contributed by atoms with van der Waals surface area (Å²) in [6, 6.07) is 21.1. The highest BCUT2D eigenvalue weighted by Gasteiger charge is 2.11. The van der Waals surface area contributed by atoms with Crippen molar-refractivity contribution in [2.45, 2.75) is 20.3 Å². The molecule has 1 heterocycles. The normalized spacial score (nSPS) is 11.0. The summed E-state index contributed by atoms with van der Waals surface area (Å²) >= 11 is 0. The summed E-state index contributed by atoms with van der Waals surface area (Å²) in [6.45, 7) is 5.46. The van der Waals surface area contributed by atoms with E-state index in [-0.39, 0.29) is 5.91 Å². The second-order valence-corrected chi connectivity index (χ2v) is 8.73. The van der Waals surface area contributed by atoms with Crippen LogP contribution in [0.25, 0.3) is 22.5 Å². The van der Waals surface area contributed by atoms with E-state index < -0.39 is 0 Å². The molecule has 7 nitrogen and oxygen atoms in total. The number of rotatable bonds is 9. The van der Waals surface area contributed by atoms with Crippen LogP contribution in [0.4, 0.5) is 5.69 Å². The summed E-state index contributed by atoms with van der Waals surface area (Å²) in [5.41, 5.74) is 5.43. The van der Waals surface area contributed by atoms with Gasteiger partial charge in [-0.25, -0.2) is 0 Å². The molecule has 1 amide bonds. The Hall–Kier alpha value is -3.97. The Morgan fingerprint density at radius 1 is 0.971 bits per heavy atom. The van der Waals surface area contributed by atoms with Crippen LogP contribution in [0.3, 0.4) is 0 Å². The van der Waals surface area contributed by atoms with E-state index in [1.54, 1.807) is 6.92 Å². The van der Waals surface area contributed by atoms with Crippen molar-refractivity contribution in [1.29, 1.82) is 0 Å². The molecule has 0 saturated heterocycles. The summed E-state index contributed by atoms with van der Waals surface area (Å²) in [4.78, 5) is 19.1. The highest BCUT2D eigenvalue weighted by Crippen LogP contribution is 2.28. The number of anilines is 1. The lowest BCUT2D eigenvalue weighted by molar-refractivity contribution is 0.102. The Morgan fingerprint density at radius 2 is 1.69 bits per heavy atom. The summed E-state index contributed by atoms with van der Waals surface area (Å²) in [5.74, 6) is 1.75. The van der Waals surface area contributed by atoms with E-state index in [2.05, 4.69) is 20.4 Å². The van der Waals surface area contributed by atoms with Crippen LogP contribution in [-0.2, 0) is 0 Å². The highest BCUT2D eigenvalue weighted by atomic mass is 16.5. The number of aryl methyl sites for hydroxylation is 2. The highest BCUT2D eigenvalue weighted by molar-refractivity contribution is 6.04. The van der Waals surface area contributed by atoms with Gasteiger partial charge in [0.25, 0.3) is 5.91 Å². The Bertz CT molecular complexity index is 1280. The van der Waals surface area contributed by atoms with Crippen molar-refractivity contribution in [1.82, 2.24) is 15.0 Å². The van der Waals surface area contributed by atoms with Crippen molar-refractivity contribution in [2.75, 3.05) is 32.6 Å². The number of hydrogen-bond donors (Lipinski definition) is 1. The van der Waals surface area contributed by atoms with Crippen LogP contribution in [0, 0.1) is 13.8 Å². The maximum absolute atomic E-state index is 12.7. The van der Waals surface area contributed by atoms with Crippen LogP contribution in [0.15, 0.2) is 71.3 Å². The zero-order chi connectivity index (χ0) is 24.8. The Kier molecular flexibility index (Phi) is 7.57. The molecule has 35 heavy (non-hydrogen) atoms. The fraction of sp³-hybridized carbons (Fsp3) is 0.250. The molecule has 0 spiro atoms. The van der Waals surface area contributed by atoms with Gasteiger partial charge in [0, 0.05) is 30.3 Å². The van der Waals surface area contributed by atoms with Gasteiger partial charge in [0.1, 0.15) is 5.75 Å². The molecule has 0 aliphatic heterocycles. The summed E-state index contributed by atoms with van der Waals surface area (Å²) in [6.07, 6.45) is 0.962. The van der Waals surface area contributed by atoms with Crippen LogP contribution < -0.4 is 10.1 Å². The summed E-state index contributed by atoms with van der Waals surface area (Å²) < 4.78 is 10.8. The summed E-state index contributed by atoms with van der Waals surface area (Å²) in [5, 5.41) is 6.92. The van der Waals surface area contributed by atoms with E-state index in [0.717, 1.165) is 46.7 Å². The predicted molar refractivity (Wildman–Crippen MR) is 138 cm³/mol. The number of benzene rings is 3. The third kappa shape index (κ3) is 6.33. The number of nitrogens with one attached hydrogen (secondary N) is 1. The summed E-state index contributed by atoms with van der Waals surface area (Å²) in [7, 11) is 4.09. The van der Waals surface area contributed by atoms with Gasteiger partial charge in [-0.05, 0) is 86.6 Å². The third-order valence-electron chi connectivity index (χ3n) is 5.60.